The number of fused-ring (bicyclic) bond motifs is 4. The number of alkyl halides is 2. The highest BCUT2D eigenvalue weighted by molar-refractivity contribution is 8.06. The summed E-state index contributed by atoms with van der Waals surface area (Å²) in [7, 11) is 1.18. The number of nitrogens with one attached hydrogen (secondary N) is 1. The first-order chi connectivity index (χ1) is 21.3. The Balaban J connectivity index is 1.17. The summed E-state index contributed by atoms with van der Waals surface area (Å²) in [6.45, 7) is -6.06. The molecule has 3 aliphatic heterocycles. The summed E-state index contributed by atoms with van der Waals surface area (Å²) in [5.74, 6) is -0.253. The predicted molar refractivity (Wildman–Crippen MR) is 149 cm³/mol. The summed E-state index contributed by atoms with van der Waals surface area (Å²) in [5.41, 5.74) is 10.7. The summed E-state index contributed by atoms with van der Waals surface area (Å²) in [4.78, 5) is 47.6. The zero-order valence-corrected chi connectivity index (χ0v) is 25.0. The number of H-pyrrole nitrogens is 1. The largest absolute Gasteiger partial charge is 0.780 e. The van der Waals surface area contributed by atoms with Crippen molar-refractivity contribution in [3.63, 3.8) is 0 Å². The third-order valence-electron chi connectivity index (χ3n) is 7.25. The molecule has 7 heterocycles. The van der Waals surface area contributed by atoms with E-state index in [-0.39, 0.29) is 34.1 Å². The topological polar surface area (TPSA) is 255 Å². The summed E-state index contributed by atoms with van der Waals surface area (Å²) in [5, 5.41) is 0. The third kappa shape index (κ3) is 5.45. The number of imidazole rings is 2. The Morgan fingerprint density at radius 3 is 2.24 bits per heavy atom. The van der Waals surface area contributed by atoms with Gasteiger partial charge in [0.1, 0.15) is 43.0 Å². The number of aromatic nitrogens is 8. The average Bonchev–Trinajstić information content (AvgIpc) is 3.72. The SMILES string of the molecule is [B][P@@]1(=O)OC[C@H]2O[C@@H](n3cnc4c(=O)[nH]c(N)nc43)[C@@H](F)C2OP([O-])(=S)OC[C@H]2O[C@@H](n3cnc4c(N)ncnc43)[C@@H](F)C2O1. The second-order valence-electron chi connectivity index (χ2n) is 10.1. The van der Waals surface area contributed by atoms with Crippen LogP contribution in [-0.4, -0.2) is 96.6 Å². The van der Waals surface area contributed by atoms with Gasteiger partial charge >= 0.3 is 0 Å². The molecule has 19 nitrogen and oxygen atoms in total. The molecule has 5 N–H and O–H groups in total. The minimum atomic E-state index is -4.63. The molecule has 7 rings (SSSR count). The van der Waals surface area contributed by atoms with Gasteiger partial charge in [-0.1, -0.05) is 11.8 Å². The molecule has 0 aromatic carbocycles. The second-order valence-corrected chi connectivity index (χ2v) is 14.3. The molecule has 3 fully saturated rings. The fourth-order valence-corrected chi connectivity index (χ4v) is 7.69. The number of nitrogens with two attached hydrogens (primary N) is 2. The quantitative estimate of drug-likeness (QED) is 0.173. The first-order valence-electron chi connectivity index (χ1n) is 12.9. The van der Waals surface area contributed by atoms with Crippen molar-refractivity contribution < 1.29 is 45.8 Å². The van der Waals surface area contributed by atoms with Crippen molar-refractivity contribution in [2.75, 3.05) is 24.7 Å². The highest BCUT2D eigenvalue weighted by Crippen LogP contribution is 2.53. The van der Waals surface area contributed by atoms with Crippen LogP contribution >= 0.6 is 14.2 Å². The van der Waals surface area contributed by atoms with Crippen molar-refractivity contribution in [2.45, 2.75) is 49.2 Å². The van der Waals surface area contributed by atoms with E-state index in [0.717, 1.165) is 17.2 Å². The van der Waals surface area contributed by atoms with E-state index in [1.165, 1.54) is 10.9 Å². The predicted octanol–water partition coefficient (Wildman–Crippen LogP) is -0.726. The van der Waals surface area contributed by atoms with Crippen LogP contribution in [-0.2, 0) is 43.9 Å². The molecule has 0 bridgehead atoms. The van der Waals surface area contributed by atoms with Gasteiger partial charge in [-0.2, -0.15) is 4.98 Å². The van der Waals surface area contributed by atoms with Gasteiger partial charge in [0.25, 0.3) is 13.0 Å². The first kappa shape index (κ1) is 30.7. The lowest BCUT2D eigenvalue weighted by molar-refractivity contribution is -0.217. The molecule has 25 heteroatoms. The van der Waals surface area contributed by atoms with Crippen molar-refractivity contribution >= 4 is 67.7 Å². The van der Waals surface area contributed by atoms with Crippen LogP contribution in [0.2, 0.25) is 0 Å². The zero-order valence-electron chi connectivity index (χ0n) is 22.4. The van der Waals surface area contributed by atoms with Gasteiger partial charge < -0.3 is 43.9 Å². The number of anilines is 2. The molecule has 238 valence electrons. The number of rotatable bonds is 2. The summed E-state index contributed by atoms with van der Waals surface area (Å²) in [6.07, 6.45) is -10.3. The molecule has 3 saturated heterocycles. The number of halogens is 2. The number of nitrogens with zero attached hydrogens (tertiary/aromatic N) is 7. The second kappa shape index (κ2) is 11.1. The van der Waals surface area contributed by atoms with E-state index in [0.29, 0.717) is 0 Å². The van der Waals surface area contributed by atoms with Gasteiger partial charge in [0.2, 0.25) is 13.5 Å². The minimum Gasteiger partial charge on any atom is -0.780 e. The fourth-order valence-electron chi connectivity index (χ4n) is 5.26. The van der Waals surface area contributed by atoms with Crippen LogP contribution in [0.25, 0.3) is 22.3 Å². The Labute approximate surface area is 255 Å². The molecule has 0 spiro atoms. The van der Waals surface area contributed by atoms with Crippen LogP contribution in [0.1, 0.15) is 12.5 Å². The van der Waals surface area contributed by atoms with E-state index in [2.05, 4.69) is 29.9 Å². The van der Waals surface area contributed by atoms with Crippen molar-refractivity contribution in [3.8, 4) is 0 Å². The van der Waals surface area contributed by atoms with Crippen LogP contribution in [0.15, 0.2) is 23.8 Å². The molecule has 0 saturated carbocycles. The molecule has 10 atom stereocenters. The average molecular weight is 687 g/mol. The molecule has 3 aliphatic rings. The first-order valence-corrected chi connectivity index (χ1v) is 17.1. The highest BCUT2D eigenvalue weighted by atomic mass is 32.5. The van der Waals surface area contributed by atoms with Crippen molar-refractivity contribution in [3.05, 3.63) is 29.3 Å². The summed E-state index contributed by atoms with van der Waals surface area (Å²) >= 11 is 5.01. The van der Waals surface area contributed by atoms with E-state index < -0.39 is 82.2 Å². The van der Waals surface area contributed by atoms with Gasteiger partial charge in [0.05, 0.1) is 25.9 Å². The van der Waals surface area contributed by atoms with Crippen LogP contribution < -0.4 is 21.9 Å². The van der Waals surface area contributed by atoms with Gasteiger partial charge in [-0.25, -0.2) is 28.7 Å². The standard InChI is InChI=1S/C20H21BF2N10O9P2S/c21-43(35)37-1-6-13(9(23)19(39-6)33-5-29-11-16(33)30-20(25)31-17(11)34)42-44(36,45)38-2-7-12(41-43)8(22)18(40-7)32-4-28-10-14(24)26-3-27-15(10)32/h3-9,12-13,18-19H,1-2H2,(H,36,45)(H2,24,26,27)(H3,25,30,31,34)/p-1/t6-,7-,8+,9+,12?,13?,18-,19-,43-,44?/m1/s1. The van der Waals surface area contributed by atoms with E-state index in [1.807, 2.05) is 0 Å². The lowest BCUT2D eigenvalue weighted by Gasteiger charge is -2.35. The van der Waals surface area contributed by atoms with Crippen molar-refractivity contribution in [1.29, 1.82) is 0 Å². The summed E-state index contributed by atoms with van der Waals surface area (Å²) in [6, 6.07) is 0. The smallest absolute Gasteiger partial charge is 0.280 e. The normalized spacial score (nSPS) is 37.7. The fraction of sp³-hybridized carbons (Fsp3) is 0.500. The Kier molecular flexibility index (Phi) is 7.55. The van der Waals surface area contributed by atoms with Crippen molar-refractivity contribution in [1.82, 2.24) is 39.0 Å². The van der Waals surface area contributed by atoms with Crippen LogP contribution in [0.4, 0.5) is 20.5 Å². The molecule has 4 aromatic heterocycles. The molecule has 2 radical (unpaired) electrons. The van der Waals surface area contributed by atoms with Gasteiger partial charge in [0, 0.05) is 0 Å². The van der Waals surface area contributed by atoms with E-state index in [4.69, 9.17) is 58.4 Å². The zero-order chi connectivity index (χ0) is 31.8. The lowest BCUT2D eigenvalue weighted by Crippen LogP contribution is -2.38. The number of hydrogen-bond donors (Lipinski definition) is 3. The number of ether oxygens (including phenoxy) is 2. The number of nitrogen functional groups attached to an aromatic ring is 2. The van der Waals surface area contributed by atoms with Crippen LogP contribution in [0.5, 0.6) is 0 Å². The van der Waals surface area contributed by atoms with Crippen molar-refractivity contribution in [2.24, 2.45) is 0 Å². The highest BCUT2D eigenvalue weighted by Gasteiger charge is 2.53. The molecule has 0 aliphatic carbocycles. The molecule has 0 amide bonds. The number of hydrogen-bond acceptors (Lipinski definition) is 17. The lowest BCUT2D eigenvalue weighted by atomic mass is 10.1. The van der Waals surface area contributed by atoms with Gasteiger partial charge in [0.15, 0.2) is 47.4 Å². The Morgan fingerprint density at radius 1 is 0.956 bits per heavy atom. The molecule has 4 aromatic rings. The monoisotopic (exact) mass is 687 g/mol. The third-order valence-corrected chi connectivity index (χ3v) is 9.84. The van der Waals surface area contributed by atoms with Gasteiger partial charge in [-0.3, -0.25) is 23.5 Å². The van der Waals surface area contributed by atoms with Crippen LogP contribution in [0.3, 0.4) is 0 Å². The maximum Gasteiger partial charge on any atom is 0.280 e. The maximum atomic E-state index is 16.0. The van der Waals surface area contributed by atoms with E-state index >= 15 is 8.78 Å². The Bertz CT molecular complexity index is 1950. The summed E-state index contributed by atoms with van der Waals surface area (Å²) < 4.78 is 80.3. The van der Waals surface area contributed by atoms with Gasteiger partial charge in [-0.15, -0.1) is 0 Å². The Hall–Kier alpha value is -2.98. The molecular weight excluding hydrogens is 667 g/mol. The molecule has 45 heavy (non-hydrogen) atoms. The molecule has 3 unspecified atom stereocenters. The van der Waals surface area contributed by atoms with E-state index in [9.17, 15) is 14.3 Å². The Morgan fingerprint density at radius 2 is 1.56 bits per heavy atom. The number of aromatic amines is 1. The maximum absolute atomic E-state index is 16.0. The minimum absolute atomic E-state index is 0.0266. The van der Waals surface area contributed by atoms with Gasteiger partial charge in [-0.05, 0) is 0 Å². The van der Waals surface area contributed by atoms with Crippen LogP contribution in [0, 0.1) is 0 Å². The van der Waals surface area contributed by atoms with E-state index in [1.54, 1.807) is 0 Å². The molecular formula is C20H20BF2N10O9P2S-.